The number of rotatable bonds is 5. The van der Waals surface area contributed by atoms with Gasteiger partial charge in [-0.05, 0) is 60.9 Å². The molecule has 5 rings (SSSR count). The SMILES string of the molecule is O=C(OCC(=O)N1CCCC1)c1c2c(nc3ccccc13)/C(=C/c1cccc([N+](=O)[O-])c1)CCC2. The number of non-ortho nitro benzene ring substituents is 1. The van der Waals surface area contributed by atoms with Crippen LogP contribution in [-0.2, 0) is 16.0 Å². The fourth-order valence-corrected chi connectivity index (χ4v) is 4.89. The lowest BCUT2D eigenvalue weighted by Crippen LogP contribution is -2.32. The Kier molecular flexibility index (Phi) is 6.27. The molecule has 2 heterocycles. The van der Waals surface area contributed by atoms with E-state index >= 15 is 0 Å². The van der Waals surface area contributed by atoms with Crippen molar-refractivity contribution in [2.75, 3.05) is 19.7 Å². The Morgan fingerprint density at radius 3 is 2.66 bits per heavy atom. The molecule has 2 aliphatic rings. The number of aromatic nitrogens is 1. The zero-order valence-electron chi connectivity index (χ0n) is 19.2. The number of nitro groups is 1. The lowest BCUT2D eigenvalue weighted by molar-refractivity contribution is -0.384. The highest BCUT2D eigenvalue weighted by Crippen LogP contribution is 2.36. The van der Waals surface area contributed by atoms with Gasteiger partial charge in [0.25, 0.3) is 11.6 Å². The lowest BCUT2D eigenvalue weighted by Gasteiger charge is -2.22. The zero-order chi connectivity index (χ0) is 24.4. The van der Waals surface area contributed by atoms with Crippen LogP contribution in [0.25, 0.3) is 22.6 Å². The third-order valence-electron chi connectivity index (χ3n) is 6.58. The van der Waals surface area contributed by atoms with Crippen molar-refractivity contribution in [3.05, 3.63) is 81.0 Å². The number of fused-ring (bicyclic) bond motifs is 2. The maximum Gasteiger partial charge on any atom is 0.339 e. The van der Waals surface area contributed by atoms with E-state index in [1.807, 2.05) is 36.4 Å². The molecule has 1 aliphatic carbocycles. The molecule has 0 radical (unpaired) electrons. The van der Waals surface area contributed by atoms with Crippen LogP contribution >= 0.6 is 0 Å². The van der Waals surface area contributed by atoms with Gasteiger partial charge in [-0.15, -0.1) is 0 Å². The van der Waals surface area contributed by atoms with E-state index in [4.69, 9.17) is 9.72 Å². The molecule has 1 saturated heterocycles. The second-order valence-electron chi connectivity index (χ2n) is 8.87. The van der Waals surface area contributed by atoms with Crippen molar-refractivity contribution < 1.29 is 19.2 Å². The van der Waals surface area contributed by atoms with Crippen molar-refractivity contribution in [2.45, 2.75) is 32.1 Å². The van der Waals surface area contributed by atoms with E-state index in [9.17, 15) is 19.7 Å². The second kappa shape index (κ2) is 9.66. The summed E-state index contributed by atoms with van der Waals surface area (Å²) < 4.78 is 5.52. The number of carbonyl (C=O) groups excluding carboxylic acids is 2. The van der Waals surface area contributed by atoms with Gasteiger partial charge in [0, 0.05) is 30.6 Å². The number of amides is 1. The molecule has 178 valence electrons. The smallest absolute Gasteiger partial charge is 0.339 e. The van der Waals surface area contributed by atoms with Crippen LogP contribution in [0, 0.1) is 10.1 Å². The van der Waals surface area contributed by atoms with Crippen LogP contribution in [0.5, 0.6) is 0 Å². The first-order valence-electron chi connectivity index (χ1n) is 11.8. The molecule has 1 amide bonds. The minimum Gasteiger partial charge on any atom is -0.452 e. The van der Waals surface area contributed by atoms with Gasteiger partial charge in [-0.1, -0.05) is 30.3 Å². The number of para-hydroxylation sites is 1. The van der Waals surface area contributed by atoms with Gasteiger partial charge in [0.05, 0.1) is 21.7 Å². The molecule has 8 nitrogen and oxygen atoms in total. The summed E-state index contributed by atoms with van der Waals surface area (Å²) in [7, 11) is 0. The molecule has 0 N–H and O–H groups in total. The number of hydrogen-bond donors (Lipinski definition) is 0. The normalized spacial score (nSPS) is 16.3. The molecule has 0 atom stereocenters. The minimum atomic E-state index is -0.524. The maximum atomic E-state index is 13.3. The Balaban J connectivity index is 1.53. The summed E-state index contributed by atoms with van der Waals surface area (Å²) in [5.41, 5.74) is 4.26. The van der Waals surface area contributed by atoms with Crippen LogP contribution in [-0.4, -0.2) is 46.4 Å². The summed E-state index contributed by atoms with van der Waals surface area (Å²) in [5, 5.41) is 11.9. The number of pyridine rings is 1. The number of nitro benzene ring substituents is 1. The molecule has 0 saturated carbocycles. The maximum absolute atomic E-state index is 13.3. The number of ether oxygens (including phenoxy) is 1. The van der Waals surface area contributed by atoms with Gasteiger partial charge in [-0.3, -0.25) is 14.9 Å². The first-order chi connectivity index (χ1) is 17.0. The van der Waals surface area contributed by atoms with Crippen molar-refractivity contribution in [1.29, 1.82) is 0 Å². The topological polar surface area (TPSA) is 103 Å². The molecule has 0 unspecified atom stereocenters. The van der Waals surface area contributed by atoms with Gasteiger partial charge in [0.2, 0.25) is 0 Å². The fourth-order valence-electron chi connectivity index (χ4n) is 4.89. The van der Waals surface area contributed by atoms with Gasteiger partial charge < -0.3 is 9.64 Å². The van der Waals surface area contributed by atoms with Crippen LogP contribution < -0.4 is 0 Å². The molecule has 0 bridgehead atoms. The summed E-state index contributed by atoms with van der Waals surface area (Å²) in [5.74, 6) is -0.696. The van der Waals surface area contributed by atoms with Gasteiger partial charge >= 0.3 is 5.97 Å². The first kappa shape index (κ1) is 22.7. The number of likely N-dealkylation sites (tertiary alicyclic amines) is 1. The molecule has 1 aliphatic heterocycles. The summed E-state index contributed by atoms with van der Waals surface area (Å²) in [4.78, 5) is 43.1. The van der Waals surface area contributed by atoms with Gasteiger partial charge in [0.15, 0.2) is 6.61 Å². The molecule has 1 aromatic heterocycles. The third-order valence-corrected chi connectivity index (χ3v) is 6.58. The number of allylic oxidation sites excluding steroid dienone is 1. The summed E-state index contributed by atoms with van der Waals surface area (Å²) in [6.07, 6.45) is 6.05. The summed E-state index contributed by atoms with van der Waals surface area (Å²) in [6.45, 7) is 1.13. The van der Waals surface area contributed by atoms with Crippen LogP contribution in [0.15, 0.2) is 48.5 Å². The molecule has 0 spiro atoms. The Morgan fingerprint density at radius 1 is 1.06 bits per heavy atom. The predicted molar refractivity (Wildman–Crippen MR) is 132 cm³/mol. The van der Waals surface area contributed by atoms with Gasteiger partial charge in [0.1, 0.15) is 0 Å². The molecular formula is C27H25N3O5. The first-order valence-corrected chi connectivity index (χ1v) is 11.8. The molecular weight excluding hydrogens is 446 g/mol. The van der Waals surface area contributed by atoms with Crippen LogP contribution in [0.3, 0.4) is 0 Å². The lowest BCUT2D eigenvalue weighted by atomic mass is 9.86. The average molecular weight is 472 g/mol. The number of benzene rings is 2. The van der Waals surface area contributed by atoms with Crippen molar-refractivity contribution >= 4 is 40.1 Å². The quantitative estimate of drug-likeness (QED) is 0.301. The second-order valence-corrected chi connectivity index (χ2v) is 8.87. The molecule has 2 aromatic carbocycles. The average Bonchev–Trinajstić information content (AvgIpc) is 3.41. The highest BCUT2D eigenvalue weighted by Gasteiger charge is 2.27. The summed E-state index contributed by atoms with van der Waals surface area (Å²) >= 11 is 0. The molecule has 35 heavy (non-hydrogen) atoms. The largest absolute Gasteiger partial charge is 0.452 e. The monoisotopic (exact) mass is 471 g/mol. The van der Waals surface area contributed by atoms with E-state index in [1.165, 1.54) is 12.1 Å². The van der Waals surface area contributed by atoms with E-state index in [0.717, 1.165) is 36.8 Å². The van der Waals surface area contributed by atoms with Crippen molar-refractivity contribution in [1.82, 2.24) is 9.88 Å². The van der Waals surface area contributed by atoms with Gasteiger partial charge in [-0.2, -0.15) is 0 Å². The molecule has 1 fully saturated rings. The third kappa shape index (κ3) is 4.64. The van der Waals surface area contributed by atoms with E-state index < -0.39 is 10.9 Å². The van der Waals surface area contributed by atoms with E-state index in [2.05, 4.69) is 0 Å². The van der Waals surface area contributed by atoms with Crippen LogP contribution in [0.4, 0.5) is 5.69 Å². The predicted octanol–water partition coefficient (Wildman–Crippen LogP) is 4.80. The van der Waals surface area contributed by atoms with E-state index in [-0.39, 0.29) is 18.2 Å². The van der Waals surface area contributed by atoms with Crippen molar-refractivity contribution in [3.8, 4) is 0 Å². The number of esters is 1. The summed E-state index contributed by atoms with van der Waals surface area (Å²) in [6, 6.07) is 13.9. The number of hydrogen-bond acceptors (Lipinski definition) is 6. The van der Waals surface area contributed by atoms with Crippen LogP contribution in [0.1, 0.15) is 52.9 Å². The highest BCUT2D eigenvalue weighted by molar-refractivity contribution is 6.07. The number of carbonyl (C=O) groups is 2. The van der Waals surface area contributed by atoms with E-state index in [0.29, 0.717) is 47.2 Å². The zero-order valence-corrected chi connectivity index (χ0v) is 19.2. The highest BCUT2D eigenvalue weighted by atomic mass is 16.6. The van der Waals surface area contributed by atoms with Crippen molar-refractivity contribution in [3.63, 3.8) is 0 Å². The Morgan fingerprint density at radius 2 is 1.86 bits per heavy atom. The number of nitrogens with zero attached hydrogens (tertiary/aromatic N) is 3. The Bertz CT molecular complexity index is 1360. The fraction of sp³-hybridized carbons (Fsp3) is 0.296. The van der Waals surface area contributed by atoms with E-state index in [1.54, 1.807) is 11.0 Å². The Labute approximate surface area is 202 Å². The Hall–Kier alpha value is -4.07. The van der Waals surface area contributed by atoms with Gasteiger partial charge in [-0.25, -0.2) is 9.78 Å². The molecule has 3 aromatic rings. The van der Waals surface area contributed by atoms with Crippen molar-refractivity contribution in [2.24, 2.45) is 0 Å². The minimum absolute atomic E-state index is 0.0220. The van der Waals surface area contributed by atoms with Crippen LogP contribution in [0.2, 0.25) is 0 Å². The molecule has 8 heteroatoms. The standard InChI is InChI=1S/C27H25N3O5/c31-24(29-13-3-4-14-29)17-35-27(32)25-21-10-1-2-12-23(21)28-26-19(8-6-11-22(25)26)15-18-7-5-9-20(16-18)30(33)34/h1-2,5,7,9-10,12,15-16H,3-4,6,8,11,13-14,17H2/b19-15+.